The third kappa shape index (κ3) is 60.0. The van der Waals surface area contributed by atoms with E-state index >= 15 is 0 Å². The summed E-state index contributed by atoms with van der Waals surface area (Å²) in [6.45, 7) is 6.57. The summed E-state index contributed by atoms with van der Waals surface area (Å²) >= 11 is 0. The summed E-state index contributed by atoms with van der Waals surface area (Å²) in [6.07, 6.45) is 79.4. The summed E-state index contributed by atoms with van der Waals surface area (Å²) in [6, 6.07) is 0. The van der Waals surface area contributed by atoms with E-state index in [1.165, 1.54) is 186 Å². The second kappa shape index (κ2) is 62.6. The molecule has 6 nitrogen and oxygen atoms in total. The molecule has 74 heavy (non-hydrogen) atoms. The first kappa shape index (κ1) is 71.1. The monoisotopic (exact) mass is 1030 g/mol. The van der Waals surface area contributed by atoms with Gasteiger partial charge in [-0.15, -0.1) is 0 Å². The van der Waals surface area contributed by atoms with E-state index in [4.69, 9.17) is 14.2 Å². The molecule has 0 N–H and O–H groups in total. The minimum atomic E-state index is -0.780. The summed E-state index contributed by atoms with van der Waals surface area (Å²) in [4.78, 5) is 38.3. The van der Waals surface area contributed by atoms with Crippen LogP contribution in [0, 0.1) is 0 Å². The zero-order valence-corrected chi connectivity index (χ0v) is 49.4. The number of carbonyl (C=O) groups excluding carboxylic acids is 3. The van der Waals surface area contributed by atoms with Crippen molar-refractivity contribution in [3.05, 3.63) is 60.8 Å². The molecule has 0 saturated heterocycles. The molecule has 0 radical (unpaired) electrons. The van der Waals surface area contributed by atoms with E-state index in [0.29, 0.717) is 19.3 Å². The third-order valence-corrected chi connectivity index (χ3v) is 14.3. The Morgan fingerprint density at radius 1 is 0.284 bits per heavy atom. The van der Waals surface area contributed by atoms with E-state index < -0.39 is 6.10 Å². The van der Waals surface area contributed by atoms with Gasteiger partial charge in [0.1, 0.15) is 13.2 Å². The topological polar surface area (TPSA) is 78.9 Å². The summed E-state index contributed by atoms with van der Waals surface area (Å²) in [5.74, 6) is -0.873. The third-order valence-electron chi connectivity index (χ3n) is 14.3. The maximum absolute atomic E-state index is 12.9. The van der Waals surface area contributed by atoms with E-state index in [0.717, 1.165) is 109 Å². The van der Waals surface area contributed by atoms with Gasteiger partial charge in [-0.2, -0.15) is 0 Å². The first-order valence-electron chi connectivity index (χ1n) is 32.3. The fourth-order valence-corrected chi connectivity index (χ4v) is 9.47. The van der Waals surface area contributed by atoms with Crippen LogP contribution in [0.5, 0.6) is 0 Å². The van der Waals surface area contributed by atoms with Gasteiger partial charge in [-0.05, 0) is 64.2 Å². The Balaban J connectivity index is 4.36. The van der Waals surface area contributed by atoms with E-state index in [2.05, 4.69) is 81.5 Å². The molecule has 1 unspecified atom stereocenters. The molecule has 6 heteroatoms. The first-order valence-corrected chi connectivity index (χ1v) is 32.3. The first-order chi connectivity index (χ1) is 36.5. The number of ether oxygens (including phenoxy) is 3. The summed E-state index contributed by atoms with van der Waals surface area (Å²) in [7, 11) is 0. The molecule has 430 valence electrons. The van der Waals surface area contributed by atoms with Gasteiger partial charge in [0.05, 0.1) is 0 Å². The highest BCUT2D eigenvalue weighted by Crippen LogP contribution is 2.18. The van der Waals surface area contributed by atoms with Crippen molar-refractivity contribution in [3.8, 4) is 0 Å². The average molecular weight is 1040 g/mol. The molecule has 0 aliphatic carbocycles. The summed E-state index contributed by atoms with van der Waals surface area (Å²) in [5, 5.41) is 0. The minimum absolute atomic E-state index is 0.0757. The number of hydrogen-bond donors (Lipinski definition) is 0. The Labute approximate surface area is 460 Å². The molecule has 0 bridgehead atoms. The lowest BCUT2D eigenvalue weighted by Gasteiger charge is -2.18. The number of esters is 3. The molecule has 0 rings (SSSR count). The molecule has 0 aromatic rings. The van der Waals surface area contributed by atoms with Crippen molar-refractivity contribution in [2.45, 2.75) is 341 Å². The SMILES string of the molecule is CC/C=C\C/C=C\C/C=C\C/C=C\C/C=C\CCCCCCCC(=O)OCC(COC(=O)CCCCCCCCCCCCCCCCC)OC(=O)CCCCCCCCCCCCCCCCCCCCCC. The molecule has 0 amide bonds. The van der Waals surface area contributed by atoms with E-state index in [1.54, 1.807) is 0 Å². The van der Waals surface area contributed by atoms with Crippen molar-refractivity contribution >= 4 is 17.9 Å². The molecule has 0 aromatic carbocycles. The predicted molar refractivity (Wildman–Crippen MR) is 321 cm³/mol. The number of rotatable bonds is 59. The molecule has 0 aromatic heterocycles. The van der Waals surface area contributed by atoms with Gasteiger partial charge in [0, 0.05) is 19.3 Å². The van der Waals surface area contributed by atoms with Crippen molar-refractivity contribution in [1.82, 2.24) is 0 Å². The van der Waals surface area contributed by atoms with Crippen LogP contribution in [0.1, 0.15) is 335 Å². The van der Waals surface area contributed by atoms with Crippen LogP contribution in [0.2, 0.25) is 0 Å². The van der Waals surface area contributed by atoms with Crippen LogP contribution < -0.4 is 0 Å². The molecule has 0 aliphatic heterocycles. The van der Waals surface area contributed by atoms with Gasteiger partial charge >= 0.3 is 17.9 Å². The fourth-order valence-electron chi connectivity index (χ4n) is 9.47. The zero-order valence-electron chi connectivity index (χ0n) is 49.4. The molecule has 0 heterocycles. The average Bonchev–Trinajstić information content (AvgIpc) is 3.40. The Morgan fingerprint density at radius 2 is 0.527 bits per heavy atom. The molecule has 0 fully saturated rings. The van der Waals surface area contributed by atoms with Crippen LogP contribution in [0.4, 0.5) is 0 Å². The highest BCUT2D eigenvalue weighted by Gasteiger charge is 2.19. The largest absolute Gasteiger partial charge is 0.462 e. The Kier molecular flexibility index (Phi) is 60.2. The van der Waals surface area contributed by atoms with Crippen molar-refractivity contribution in [2.24, 2.45) is 0 Å². The van der Waals surface area contributed by atoms with Gasteiger partial charge in [-0.3, -0.25) is 14.4 Å². The molecule has 0 aliphatic rings. The van der Waals surface area contributed by atoms with Gasteiger partial charge in [0.2, 0.25) is 0 Å². The van der Waals surface area contributed by atoms with Crippen LogP contribution in [0.15, 0.2) is 60.8 Å². The quantitative estimate of drug-likeness (QED) is 0.0261. The highest BCUT2D eigenvalue weighted by atomic mass is 16.6. The van der Waals surface area contributed by atoms with Gasteiger partial charge in [-0.25, -0.2) is 0 Å². The van der Waals surface area contributed by atoms with Gasteiger partial charge in [0.15, 0.2) is 6.10 Å². The second-order valence-corrected chi connectivity index (χ2v) is 21.7. The minimum Gasteiger partial charge on any atom is -0.462 e. The van der Waals surface area contributed by atoms with Gasteiger partial charge in [0.25, 0.3) is 0 Å². The number of hydrogen-bond acceptors (Lipinski definition) is 6. The summed E-state index contributed by atoms with van der Waals surface area (Å²) in [5.41, 5.74) is 0. The van der Waals surface area contributed by atoms with Gasteiger partial charge in [-0.1, -0.05) is 313 Å². The Bertz CT molecular complexity index is 1330. The Hall–Kier alpha value is -2.89. The number of unbranched alkanes of at least 4 members (excludes halogenated alkanes) is 38. The van der Waals surface area contributed by atoms with Crippen LogP contribution in [0.25, 0.3) is 0 Å². The number of allylic oxidation sites excluding steroid dienone is 10. The zero-order chi connectivity index (χ0) is 53.6. The highest BCUT2D eigenvalue weighted by molar-refractivity contribution is 5.71. The van der Waals surface area contributed by atoms with Crippen molar-refractivity contribution in [1.29, 1.82) is 0 Å². The standard InChI is InChI=1S/C68H122O6/c1-4-7-10-13-16-19-22-25-28-30-32-34-36-37-40-43-46-49-52-55-58-61-67(70)73-64-65(63-72-66(69)60-57-54-51-48-45-42-39-27-24-21-18-15-12-9-6-3)74-68(71)62-59-56-53-50-47-44-41-38-35-33-31-29-26-23-20-17-14-11-8-5-2/h7,10,16,19,25,28,32,34,37,40,65H,4-6,8-9,11-15,17-18,20-24,26-27,29-31,33,35-36,38-39,41-64H2,1-3H3/b10-7-,19-16-,28-25-,34-32-,40-37-. The molecular weight excluding hydrogens is 913 g/mol. The lowest BCUT2D eigenvalue weighted by Crippen LogP contribution is -2.30. The molecule has 0 saturated carbocycles. The van der Waals surface area contributed by atoms with Crippen LogP contribution in [-0.4, -0.2) is 37.2 Å². The van der Waals surface area contributed by atoms with Gasteiger partial charge < -0.3 is 14.2 Å². The van der Waals surface area contributed by atoms with E-state index in [1.807, 2.05) is 0 Å². The predicted octanol–water partition coefficient (Wildman–Crippen LogP) is 21.9. The number of carbonyl (C=O) groups is 3. The van der Waals surface area contributed by atoms with Crippen molar-refractivity contribution in [2.75, 3.05) is 13.2 Å². The molecule has 0 spiro atoms. The van der Waals surface area contributed by atoms with Crippen LogP contribution >= 0.6 is 0 Å². The normalized spacial score (nSPS) is 12.4. The molecular formula is C68H122O6. The molecule has 1 atom stereocenters. The smallest absolute Gasteiger partial charge is 0.306 e. The van der Waals surface area contributed by atoms with Crippen LogP contribution in [0.3, 0.4) is 0 Å². The van der Waals surface area contributed by atoms with E-state index in [9.17, 15) is 14.4 Å². The maximum atomic E-state index is 12.9. The van der Waals surface area contributed by atoms with E-state index in [-0.39, 0.29) is 31.1 Å². The van der Waals surface area contributed by atoms with Crippen molar-refractivity contribution < 1.29 is 28.6 Å². The summed E-state index contributed by atoms with van der Waals surface area (Å²) < 4.78 is 16.9. The lowest BCUT2D eigenvalue weighted by molar-refractivity contribution is -0.167. The van der Waals surface area contributed by atoms with Crippen molar-refractivity contribution in [3.63, 3.8) is 0 Å². The Morgan fingerprint density at radius 3 is 0.824 bits per heavy atom. The van der Waals surface area contributed by atoms with Crippen LogP contribution in [-0.2, 0) is 28.6 Å². The lowest BCUT2D eigenvalue weighted by atomic mass is 10.0. The second-order valence-electron chi connectivity index (χ2n) is 21.7. The maximum Gasteiger partial charge on any atom is 0.306 e. The fraction of sp³-hybridized carbons (Fsp3) is 0.809.